The normalized spacial score (nSPS) is 12.7. The van der Waals surface area contributed by atoms with Crippen molar-refractivity contribution in [3.05, 3.63) is 246 Å². The van der Waals surface area contributed by atoms with Crippen LogP contribution in [0, 0.1) is 0 Å². The maximum atomic E-state index is 6.46. The summed E-state index contributed by atoms with van der Waals surface area (Å²) < 4.78 is 6.46. The third-order valence-corrected chi connectivity index (χ3v) is 11.7. The fraction of sp³-hybridized carbons (Fsp3) is 0.0357. The van der Waals surface area contributed by atoms with Gasteiger partial charge in [-0.05, 0) is 99.5 Å². The van der Waals surface area contributed by atoms with Crippen LogP contribution in [0.3, 0.4) is 0 Å². The Balaban J connectivity index is 1.14. The van der Waals surface area contributed by atoms with Gasteiger partial charge in [-0.1, -0.05) is 183 Å². The summed E-state index contributed by atoms with van der Waals surface area (Å²) in [5.41, 5.74) is 16.8. The highest BCUT2D eigenvalue weighted by atomic mass is 16.3. The van der Waals surface area contributed by atoms with Crippen molar-refractivity contribution >= 4 is 40.2 Å². The summed E-state index contributed by atoms with van der Waals surface area (Å²) in [6, 6.07) is 72.6. The zero-order valence-electron chi connectivity index (χ0n) is 32.3. The summed E-state index contributed by atoms with van der Waals surface area (Å²) >= 11 is 0. The molecular formula is C56H41NO. The number of nitrogens with zero attached hydrogens (tertiary/aromatic N) is 1. The van der Waals surface area contributed by atoms with Gasteiger partial charge in [-0.2, -0.15) is 0 Å². The van der Waals surface area contributed by atoms with Crippen LogP contribution >= 0.6 is 0 Å². The number of hydrogen-bond donors (Lipinski definition) is 0. The van der Waals surface area contributed by atoms with Crippen molar-refractivity contribution in [2.24, 2.45) is 0 Å². The van der Waals surface area contributed by atoms with Gasteiger partial charge in [-0.3, -0.25) is 0 Å². The van der Waals surface area contributed by atoms with Crippen molar-refractivity contribution in [2.45, 2.75) is 12.3 Å². The van der Waals surface area contributed by atoms with E-state index in [-0.39, 0.29) is 0 Å². The molecule has 1 aromatic heterocycles. The zero-order chi connectivity index (χ0) is 39.1. The molecule has 276 valence electrons. The summed E-state index contributed by atoms with van der Waals surface area (Å²) in [4.78, 5) is 2.37. The average molecular weight is 744 g/mol. The van der Waals surface area contributed by atoms with E-state index in [4.69, 9.17) is 4.42 Å². The van der Waals surface area contributed by atoms with Gasteiger partial charge in [0.15, 0.2) is 0 Å². The topological polar surface area (TPSA) is 16.4 Å². The molecule has 8 aromatic carbocycles. The molecule has 0 saturated heterocycles. The molecule has 0 atom stereocenters. The number of allylic oxidation sites excluding steroid dienone is 1. The number of hydrogen-bond acceptors (Lipinski definition) is 2. The lowest BCUT2D eigenvalue weighted by molar-refractivity contribution is 0.604. The molecule has 0 radical (unpaired) electrons. The van der Waals surface area contributed by atoms with Crippen LogP contribution in [-0.2, 0) is 5.41 Å². The minimum Gasteiger partial charge on any atom is -0.455 e. The molecule has 2 heteroatoms. The number of para-hydroxylation sites is 1. The van der Waals surface area contributed by atoms with Gasteiger partial charge < -0.3 is 9.32 Å². The molecule has 2 nitrogen and oxygen atoms in total. The first-order valence-corrected chi connectivity index (χ1v) is 19.9. The summed E-state index contributed by atoms with van der Waals surface area (Å²) in [6.07, 6.45) is 5.89. The zero-order valence-corrected chi connectivity index (χ0v) is 32.3. The highest BCUT2D eigenvalue weighted by molar-refractivity contribution is 6.00. The number of fused-ring (bicyclic) bond motifs is 4. The number of benzene rings is 8. The quantitative estimate of drug-likeness (QED) is 0.146. The van der Waals surface area contributed by atoms with Gasteiger partial charge in [-0.15, -0.1) is 0 Å². The van der Waals surface area contributed by atoms with Crippen LogP contribution in [0.4, 0.5) is 17.1 Å². The highest BCUT2D eigenvalue weighted by Crippen LogP contribution is 2.57. The molecule has 10 rings (SSSR count). The van der Waals surface area contributed by atoms with E-state index in [1.54, 1.807) is 0 Å². The van der Waals surface area contributed by atoms with Gasteiger partial charge in [0.2, 0.25) is 0 Å². The van der Waals surface area contributed by atoms with E-state index in [0.717, 1.165) is 50.5 Å². The standard InChI is InChI=1S/C56H41NO/c1-3-17-54-47(4-2)50-26-16-25-48(55(50)58-54)41-30-34-45(35-31-41)57(44-32-28-40(29-33-44)39-18-8-5-9-19-39)46-36-37-53-51(38-46)49-24-14-15-27-52(49)56(53,42-20-10-6-11-21-42)43-22-12-7-13-23-43/h3-38H,2H2,1H3/b17-3-. The van der Waals surface area contributed by atoms with Crippen LogP contribution in [0.5, 0.6) is 0 Å². The van der Waals surface area contributed by atoms with Crippen LogP contribution in [0.25, 0.3) is 56.5 Å². The molecule has 58 heavy (non-hydrogen) atoms. The molecule has 0 saturated carbocycles. The van der Waals surface area contributed by atoms with Crippen LogP contribution in [-0.4, -0.2) is 0 Å². The van der Waals surface area contributed by atoms with Crippen molar-refractivity contribution in [3.63, 3.8) is 0 Å². The number of anilines is 3. The molecule has 0 amide bonds. The largest absolute Gasteiger partial charge is 0.455 e. The van der Waals surface area contributed by atoms with Crippen LogP contribution in [0.15, 0.2) is 217 Å². The number of rotatable bonds is 9. The Kier molecular flexibility index (Phi) is 8.81. The molecule has 1 aliphatic carbocycles. The summed E-state index contributed by atoms with van der Waals surface area (Å²) in [5, 5.41) is 1.06. The second kappa shape index (κ2) is 14.6. The fourth-order valence-electron chi connectivity index (χ4n) is 9.12. The maximum absolute atomic E-state index is 6.46. The lowest BCUT2D eigenvalue weighted by Crippen LogP contribution is -2.28. The second-order valence-electron chi connectivity index (χ2n) is 14.8. The van der Waals surface area contributed by atoms with E-state index in [1.807, 2.05) is 25.2 Å². The Morgan fingerprint density at radius 2 is 1.02 bits per heavy atom. The van der Waals surface area contributed by atoms with E-state index >= 15 is 0 Å². The molecule has 0 fully saturated rings. The van der Waals surface area contributed by atoms with E-state index in [1.165, 1.54) is 44.5 Å². The van der Waals surface area contributed by atoms with Gasteiger partial charge in [0.25, 0.3) is 0 Å². The van der Waals surface area contributed by atoms with Gasteiger partial charge in [0, 0.05) is 33.6 Å². The third-order valence-electron chi connectivity index (χ3n) is 11.7. The Bertz CT molecular complexity index is 2900. The first kappa shape index (κ1) is 35.0. The van der Waals surface area contributed by atoms with Crippen molar-refractivity contribution in [1.29, 1.82) is 0 Å². The molecule has 0 bridgehead atoms. The molecule has 0 N–H and O–H groups in total. The van der Waals surface area contributed by atoms with Gasteiger partial charge >= 0.3 is 0 Å². The lowest BCUT2D eigenvalue weighted by atomic mass is 9.68. The minimum absolute atomic E-state index is 0.456. The predicted octanol–water partition coefficient (Wildman–Crippen LogP) is 15.3. The molecule has 1 aliphatic rings. The highest BCUT2D eigenvalue weighted by Gasteiger charge is 2.46. The molecular weight excluding hydrogens is 703 g/mol. The van der Waals surface area contributed by atoms with Crippen LogP contribution in [0.2, 0.25) is 0 Å². The van der Waals surface area contributed by atoms with Crippen LogP contribution in [0.1, 0.15) is 40.5 Å². The second-order valence-corrected chi connectivity index (χ2v) is 14.8. The smallest absolute Gasteiger partial charge is 0.143 e. The van der Waals surface area contributed by atoms with Gasteiger partial charge in [0.1, 0.15) is 11.3 Å². The van der Waals surface area contributed by atoms with Crippen molar-refractivity contribution < 1.29 is 4.42 Å². The predicted molar refractivity (Wildman–Crippen MR) is 244 cm³/mol. The Hall–Kier alpha value is -7.42. The monoisotopic (exact) mass is 743 g/mol. The molecule has 1 heterocycles. The number of furan rings is 1. The maximum Gasteiger partial charge on any atom is 0.143 e. The first-order valence-electron chi connectivity index (χ1n) is 19.9. The summed E-state index contributed by atoms with van der Waals surface area (Å²) in [6.45, 7) is 6.09. The first-order chi connectivity index (χ1) is 28.7. The summed E-state index contributed by atoms with van der Waals surface area (Å²) in [5.74, 6) is 0.823. The van der Waals surface area contributed by atoms with Gasteiger partial charge in [0.05, 0.1) is 5.41 Å². The van der Waals surface area contributed by atoms with Gasteiger partial charge in [-0.25, -0.2) is 0 Å². The molecule has 9 aromatic rings. The molecule has 0 unspecified atom stereocenters. The van der Waals surface area contributed by atoms with E-state index in [0.29, 0.717) is 0 Å². The van der Waals surface area contributed by atoms with Crippen molar-refractivity contribution in [2.75, 3.05) is 4.90 Å². The third kappa shape index (κ3) is 5.64. The van der Waals surface area contributed by atoms with E-state index in [9.17, 15) is 0 Å². The fourth-order valence-corrected chi connectivity index (χ4v) is 9.12. The van der Waals surface area contributed by atoms with E-state index < -0.39 is 5.41 Å². The average Bonchev–Trinajstić information content (AvgIpc) is 3.81. The van der Waals surface area contributed by atoms with Crippen molar-refractivity contribution in [3.8, 4) is 33.4 Å². The molecule has 0 spiro atoms. The SMILES string of the molecule is C=Cc1c(/C=C\C)oc2c(-c3ccc(N(c4ccc(-c5ccccc5)cc4)c4ccc5c(c4)-c4ccccc4C5(c4ccccc4)c4ccccc4)cc3)cccc12. The lowest BCUT2D eigenvalue weighted by Gasteiger charge is -2.34. The Morgan fingerprint density at radius 3 is 1.66 bits per heavy atom. The van der Waals surface area contributed by atoms with E-state index in [2.05, 4.69) is 212 Å². The Labute approximate surface area is 340 Å². The minimum atomic E-state index is -0.456. The van der Waals surface area contributed by atoms with Crippen molar-refractivity contribution in [1.82, 2.24) is 0 Å². The summed E-state index contributed by atoms with van der Waals surface area (Å²) in [7, 11) is 0. The molecule has 0 aliphatic heterocycles. The Morgan fingerprint density at radius 1 is 0.483 bits per heavy atom. The van der Waals surface area contributed by atoms with Crippen LogP contribution < -0.4 is 4.90 Å².